The van der Waals surface area contributed by atoms with Crippen LogP contribution in [0.3, 0.4) is 0 Å². The second-order valence-corrected chi connectivity index (χ2v) is 4.99. The van der Waals surface area contributed by atoms with E-state index in [1.807, 2.05) is 0 Å². The van der Waals surface area contributed by atoms with Gasteiger partial charge in [0.15, 0.2) is 6.49 Å². The molecule has 38 valence electrons. The van der Waals surface area contributed by atoms with Crippen molar-refractivity contribution in [2.75, 3.05) is 13.8 Å². The Morgan fingerprint density at radius 2 is 2.00 bits per heavy atom. The van der Waals surface area contributed by atoms with Crippen LogP contribution >= 0.6 is 6.49 Å². The summed E-state index contributed by atoms with van der Waals surface area (Å²) in [5.41, 5.74) is 0. The summed E-state index contributed by atoms with van der Waals surface area (Å²) in [6.45, 7) is -0.811. The van der Waals surface area contributed by atoms with Crippen LogP contribution in [-0.2, 0) is 16.3 Å². The van der Waals surface area contributed by atoms with Crippen LogP contribution < -0.4 is 0 Å². The molecule has 0 amide bonds. The summed E-state index contributed by atoms with van der Waals surface area (Å²) in [4.78, 5) is 8.53. The van der Waals surface area contributed by atoms with Gasteiger partial charge in [-0.05, 0) is 11.8 Å². The Kier molecular flexibility index (Phi) is 2.22. The lowest BCUT2D eigenvalue weighted by Crippen LogP contribution is -1.74. The van der Waals surface area contributed by atoms with Crippen molar-refractivity contribution in [2.45, 2.75) is 0 Å². The lowest BCUT2D eigenvalue weighted by atomic mass is 11.8. The average Bonchev–Trinajstić information content (AvgIpc) is 1.35. The van der Waals surface area contributed by atoms with Gasteiger partial charge in [-0.1, -0.05) is 0 Å². The molecule has 0 aliphatic carbocycles. The molecule has 0 radical (unpaired) electrons. The van der Waals surface area contributed by atoms with Crippen molar-refractivity contribution in [1.82, 2.24) is 0 Å². The molecule has 0 heterocycles. The van der Waals surface area contributed by atoms with E-state index in [4.69, 9.17) is 4.89 Å². The summed E-state index contributed by atoms with van der Waals surface area (Å²) in [6, 6.07) is 0. The van der Waals surface area contributed by atoms with Crippen molar-refractivity contribution in [3.8, 4) is 0 Å². The summed E-state index contributed by atoms with van der Waals surface area (Å²) in [5, 5.41) is 0. The van der Waals surface area contributed by atoms with Crippen LogP contribution in [0.5, 0.6) is 0 Å². The molecule has 0 saturated carbocycles. The van der Waals surface area contributed by atoms with E-state index in [0.717, 1.165) is 0 Å². The zero-order valence-corrected chi connectivity index (χ0v) is 5.42. The fourth-order valence-electron chi connectivity index (χ4n) is 0. The predicted octanol–water partition coefficient (Wildman–Crippen LogP) is 0.564. The first-order valence-corrected chi connectivity index (χ1v) is 4.54. The van der Waals surface area contributed by atoms with E-state index >= 15 is 0 Å². The minimum atomic E-state index is -2.31. The van der Waals surface area contributed by atoms with Gasteiger partial charge in [-0.3, -0.25) is 0 Å². The number of rotatable bonds is 1. The Hall–Kier alpha value is 0.570. The SMILES string of the molecule is CO[P@](C)(O)=S. The average molecular weight is 126 g/mol. The number of hydrogen-bond donors (Lipinski definition) is 1. The van der Waals surface area contributed by atoms with Crippen molar-refractivity contribution < 1.29 is 9.42 Å². The van der Waals surface area contributed by atoms with Gasteiger partial charge < -0.3 is 9.42 Å². The Labute approximate surface area is 42.3 Å². The molecule has 1 N–H and O–H groups in total. The molecule has 0 aromatic carbocycles. The molecular formula is C2H7O2PS. The molecule has 0 bridgehead atoms. The van der Waals surface area contributed by atoms with Gasteiger partial charge in [0.1, 0.15) is 0 Å². The third-order valence-corrected chi connectivity index (χ3v) is 1.46. The third-order valence-electron chi connectivity index (χ3n) is 0.339. The van der Waals surface area contributed by atoms with E-state index < -0.39 is 6.49 Å². The van der Waals surface area contributed by atoms with Crippen molar-refractivity contribution in [1.29, 1.82) is 0 Å². The number of hydrogen-bond acceptors (Lipinski definition) is 2. The van der Waals surface area contributed by atoms with Crippen LogP contribution in [0, 0.1) is 0 Å². The zero-order chi connectivity index (χ0) is 5.21. The molecule has 2 nitrogen and oxygen atoms in total. The van der Waals surface area contributed by atoms with Gasteiger partial charge in [0.2, 0.25) is 0 Å². The molecular weight excluding hydrogens is 119 g/mol. The maximum absolute atomic E-state index is 8.53. The molecule has 0 aromatic heterocycles. The smallest absolute Gasteiger partial charge is 0.182 e. The van der Waals surface area contributed by atoms with Crippen molar-refractivity contribution in [2.24, 2.45) is 0 Å². The van der Waals surface area contributed by atoms with E-state index in [1.54, 1.807) is 0 Å². The van der Waals surface area contributed by atoms with Crippen molar-refractivity contribution in [3.63, 3.8) is 0 Å². The molecule has 0 aliphatic rings. The zero-order valence-electron chi connectivity index (χ0n) is 3.71. The summed E-state index contributed by atoms with van der Waals surface area (Å²) in [5.74, 6) is 0. The first kappa shape index (κ1) is 6.57. The highest BCUT2D eigenvalue weighted by atomic mass is 32.5. The monoisotopic (exact) mass is 126 g/mol. The second-order valence-electron chi connectivity index (χ2n) is 0.986. The molecule has 0 aromatic rings. The van der Waals surface area contributed by atoms with Gasteiger partial charge in [-0.25, -0.2) is 0 Å². The first-order chi connectivity index (χ1) is 2.56. The van der Waals surface area contributed by atoms with Crippen LogP contribution in [0.4, 0.5) is 0 Å². The molecule has 4 heteroatoms. The Bertz CT molecular complexity index is 75.6. The molecule has 0 spiro atoms. The molecule has 0 aliphatic heterocycles. The van der Waals surface area contributed by atoms with Crippen LogP contribution in [0.15, 0.2) is 0 Å². The summed E-state index contributed by atoms with van der Waals surface area (Å²) in [6.07, 6.45) is 0. The quantitative estimate of drug-likeness (QED) is 0.521. The normalized spacial score (nSPS) is 19.8. The van der Waals surface area contributed by atoms with Gasteiger partial charge in [0.25, 0.3) is 0 Å². The topological polar surface area (TPSA) is 29.5 Å². The van der Waals surface area contributed by atoms with Crippen molar-refractivity contribution in [3.05, 3.63) is 0 Å². The minimum absolute atomic E-state index is 1.40. The largest absolute Gasteiger partial charge is 0.345 e. The highest BCUT2D eigenvalue weighted by molar-refractivity contribution is 8.09. The summed E-state index contributed by atoms with van der Waals surface area (Å²) >= 11 is 4.43. The van der Waals surface area contributed by atoms with E-state index in [0.29, 0.717) is 0 Å². The maximum Gasteiger partial charge on any atom is 0.182 e. The Morgan fingerprint density at radius 1 is 1.83 bits per heavy atom. The standard InChI is InChI=1S/C2H7O2PS/c1-4-5(2,3)6/h1-2H3,(H,3,6)/t5-/m0/s1. The van der Waals surface area contributed by atoms with E-state index in [-0.39, 0.29) is 0 Å². The maximum atomic E-state index is 8.53. The van der Waals surface area contributed by atoms with Gasteiger partial charge in [0, 0.05) is 13.8 Å². The molecule has 6 heavy (non-hydrogen) atoms. The summed E-state index contributed by atoms with van der Waals surface area (Å²) in [7, 11) is 1.40. The molecule has 0 rings (SSSR count). The van der Waals surface area contributed by atoms with E-state index in [2.05, 4.69) is 16.3 Å². The highest BCUT2D eigenvalue weighted by Gasteiger charge is 1.95. The van der Waals surface area contributed by atoms with Crippen LogP contribution in [0.25, 0.3) is 0 Å². The minimum Gasteiger partial charge on any atom is -0.345 e. The lowest BCUT2D eigenvalue weighted by Gasteiger charge is -2.01. The van der Waals surface area contributed by atoms with Gasteiger partial charge in [-0.2, -0.15) is 0 Å². The molecule has 0 unspecified atom stereocenters. The van der Waals surface area contributed by atoms with Crippen LogP contribution in [-0.4, -0.2) is 18.7 Å². The fourth-order valence-corrected chi connectivity index (χ4v) is 0. The second kappa shape index (κ2) is 2.03. The van der Waals surface area contributed by atoms with Gasteiger partial charge >= 0.3 is 0 Å². The van der Waals surface area contributed by atoms with Crippen molar-refractivity contribution >= 4 is 18.3 Å². The van der Waals surface area contributed by atoms with Crippen LogP contribution in [0.2, 0.25) is 0 Å². The Balaban J connectivity index is 3.48. The highest BCUT2D eigenvalue weighted by Crippen LogP contribution is 2.34. The molecule has 0 saturated heterocycles. The fraction of sp³-hybridized carbons (Fsp3) is 1.00. The van der Waals surface area contributed by atoms with E-state index in [9.17, 15) is 0 Å². The molecule has 1 atom stereocenters. The van der Waals surface area contributed by atoms with E-state index in [1.165, 1.54) is 13.8 Å². The summed E-state index contributed by atoms with van der Waals surface area (Å²) < 4.78 is 4.42. The first-order valence-electron chi connectivity index (χ1n) is 1.42. The van der Waals surface area contributed by atoms with Gasteiger partial charge in [-0.15, -0.1) is 0 Å². The molecule has 0 fully saturated rings. The van der Waals surface area contributed by atoms with Gasteiger partial charge in [0.05, 0.1) is 0 Å². The lowest BCUT2D eigenvalue weighted by molar-refractivity contribution is 0.393. The third kappa shape index (κ3) is 4.57. The van der Waals surface area contributed by atoms with Crippen LogP contribution in [0.1, 0.15) is 0 Å². The Morgan fingerprint density at radius 3 is 2.00 bits per heavy atom. The predicted molar refractivity (Wildman–Crippen MR) is 29.4 cm³/mol.